The fraction of sp³-hybridized carbons (Fsp3) is 0.800. The minimum absolute atomic E-state index is 0.421. The summed E-state index contributed by atoms with van der Waals surface area (Å²) in [7, 11) is 0. The maximum absolute atomic E-state index is 5.46. The Kier molecular flexibility index (Phi) is 0.845. The van der Waals surface area contributed by atoms with E-state index in [1.54, 1.807) is 0 Å². The number of hydrogen-bond donors (Lipinski definition) is 1. The maximum atomic E-state index is 5.46. The van der Waals surface area contributed by atoms with Gasteiger partial charge in [-0.3, -0.25) is 0 Å². The average molecular weight is 84.1 g/mol. The first-order chi connectivity index (χ1) is 2.80. The molecule has 0 heterocycles. The van der Waals surface area contributed by atoms with E-state index in [1.807, 2.05) is 0 Å². The van der Waals surface area contributed by atoms with Crippen LogP contribution in [0.4, 0.5) is 0 Å². The van der Waals surface area contributed by atoms with Crippen LogP contribution in [0.5, 0.6) is 0 Å². The lowest BCUT2D eigenvalue weighted by Crippen LogP contribution is -2.37. The first kappa shape index (κ1) is 4.13. The second-order valence-corrected chi connectivity index (χ2v) is 2.00. The quantitative estimate of drug-likeness (QED) is 0.456. The standard InChI is InChI=1S/C5H10N/c1-4-2-3-5(4)6/h4-5H,1-3,6H2/t4-,5+/m0/s1. The molecule has 1 fully saturated rings. The molecule has 0 aromatic heterocycles. The Balaban J connectivity index is 2.20. The predicted octanol–water partition coefficient (Wildman–Crippen LogP) is 0.558. The summed E-state index contributed by atoms with van der Waals surface area (Å²) in [5, 5.41) is 0. The Morgan fingerprint density at radius 1 is 1.50 bits per heavy atom. The lowest BCUT2D eigenvalue weighted by Gasteiger charge is -2.29. The van der Waals surface area contributed by atoms with Gasteiger partial charge in [0.25, 0.3) is 0 Å². The molecular weight excluding hydrogens is 74.1 g/mol. The Morgan fingerprint density at radius 3 is 2.00 bits per heavy atom. The molecule has 6 heavy (non-hydrogen) atoms. The summed E-state index contributed by atoms with van der Waals surface area (Å²) >= 11 is 0. The molecule has 1 nitrogen and oxygen atoms in total. The van der Waals surface area contributed by atoms with Crippen LogP contribution in [0.3, 0.4) is 0 Å². The van der Waals surface area contributed by atoms with Crippen LogP contribution in [0.25, 0.3) is 0 Å². The highest BCUT2D eigenvalue weighted by Crippen LogP contribution is 2.23. The van der Waals surface area contributed by atoms with E-state index >= 15 is 0 Å². The van der Waals surface area contributed by atoms with Gasteiger partial charge in [-0.2, -0.15) is 0 Å². The van der Waals surface area contributed by atoms with Gasteiger partial charge in [0.1, 0.15) is 0 Å². The highest BCUT2D eigenvalue weighted by molar-refractivity contribution is 4.84. The fourth-order valence-corrected chi connectivity index (χ4v) is 0.595. The number of nitrogens with two attached hydrogens (primary N) is 1. The second kappa shape index (κ2) is 1.23. The lowest BCUT2D eigenvalue weighted by atomic mass is 9.82. The van der Waals surface area contributed by atoms with Crippen molar-refractivity contribution in [3.8, 4) is 0 Å². The first-order valence-electron chi connectivity index (χ1n) is 2.39. The van der Waals surface area contributed by atoms with Gasteiger partial charge in [0.05, 0.1) is 0 Å². The average Bonchev–Trinajstić information content (AvgIpc) is 1.61. The Morgan fingerprint density at radius 2 is 2.00 bits per heavy atom. The summed E-state index contributed by atoms with van der Waals surface area (Å²) in [5.41, 5.74) is 5.46. The highest BCUT2D eigenvalue weighted by Gasteiger charge is 2.21. The Bertz CT molecular complexity index is 43.9. The van der Waals surface area contributed by atoms with Gasteiger partial charge in [-0.1, -0.05) is 0 Å². The van der Waals surface area contributed by atoms with Crippen LogP contribution < -0.4 is 5.73 Å². The van der Waals surface area contributed by atoms with Crippen molar-refractivity contribution in [2.45, 2.75) is 18.9 Å². The number of hydrogen-bond acceptors (Lipinski definition) is 1. The molecule has 1 heteroatoms. The van der Waals surface area contributed by atoms with Gasteiger partial charge in [0, 0.05) is 6.04 Å². The van der Waals surface area contributed by atoms with Gasteiger partial charge in [-0.05, 0) is 25.7 Å². The van der Waals surface area contributed by atoms with Gasteiger partial charge in [-0.15, -0.1) is 0 Å². The summed E-state index contributed by atoms with van der Waals surface area (Å²) in [6.07, 6.45) is 2.43. The molecule has 2 N–H and O–H groups in total. The van der Waals surface area contributed by atoms with Gasteiger partial charge in [-0.25, -0.2) is 0 Å². The lowest BCUT2D eigenvalue weighted by molar-refractivity contribution is 0.314. The molecule has 0 aromatic carbocycles. The fourth-order valence-electron chi connectivity index (χ4n) is 0.595. The molecule has 2 atom stereocenters. The van der Waals surface area contributed by atoms with E-state index in [2.05, 4.69) is 6.92 Å². The smallest absolute Gasteiger partial charge is 0.00672 e. The molecule has 1 aliphatic carbocycles. The SMILES string of the molecule is [CH2][C@H]1CC[C@H]1N. The number of rotatable bonds is 0. The molecule has 0 unspecified atom stereocenters. The minimum Gasteiger partial charge on any atom is -0.327 e. The maximum Gasteiger partial charge on any atom is 0.00672 e. The molecule has 0 bridgehead atoms. The van der Waals surface area contributed by atoms with Crippen molar-refractivity contribution in [3.05, 3.63) is 6.92 Å². The third kappa shape index (κ3) is 0.432. The zero-order valence-electron chi connectivity index (χ0n) is 3.85. The monoisotopic (exact) mass is 84.1 g/mol. The van der Waals surface area contributed by atoms with Crippen LogP contribution in [0, 0.1) is 12.8 Å². The molecule has 0 aliphatic heterocycles. The largest absolute Gasteiger partial charge is 0.327 e. The third-order valence-corrected chi connectivity index (χ3v) is 1.48. The van der Waals surface area contributed by atoms with E-state index in [4.69, 9.17) is 5.73 Å². The van der Waals surface area contributed by atoms with Crippen molar-refractivity contribution in [1.82, 2.24) is 0 Å². The zero-order valence-corrected chi connectivity index (χ0v) is 3.85. The van der Waals surface area contributed by atoms with Crippen molar-refractivity contribution in [2.24, 2.45) is 11.7 Å². The summed E-state index contributed by atoms with van der Waals surface area (Å²) in [6.45, 7) is 3.80. The second-order valence-electron chi connectivity index (χ2n) is 2.00. The summed E-state index contributed by atoms with van der Waals surface area (Å²) < 4.78 is 0. The van der Waals surface area contributed by atoms with Crippen molar-refractivity contribution >= 4 is 0 Å². The van der Waals surface area contributed by atoms with Gasteiger partial charge in [0.2, 0.25) is 0 Å². The molecule has 1 saturated carbocycles. The van der Waals surface area contributed by atoms with Crippen molar-refractivity contribution in [3.63, 3.8) is 0 Å². The first-order valence-corrected chi connectivity index (χ1v) is 2.39. The highest BCUT2D eigenvalue weighted by atomic mass is 14.7. The van der Waals surface area contributed by atoms with E-state index in [-0.39, 0.29) is 0 Å². The van der Waals surface area contributed by atoms with Gasteiger partial charge in [0.15, 0.2) is 0 Å². The van der Waals surface area contributed by atoms with Crippen LogP contribution >= 0.6 is 0 Å². The third-order valence-electron chi connectivity index (χ3n) is 1.48. The van der Waals surface area contributed by atoms with Crippen molar-refractivity contribution in [2.75, 3.05) is 0 Å². The van der Waals surface area contributed by atoms with Crippen LogP contribution in [-0.4, -0.2) is 6.04 Å². The van der Waals surface area contributed by atoms with Gasteiger partial charge < -0.3 is 5.73 Å². The summed E-state index contributed by atoms with van der Waals surface area (Å²) in [5.74, 6) is 0.560. The van der Waals surface area contributed by atoms with Crippen molar-refractivity contribution < 1.29 is 0 Å². The molecule has 0 aromatic rings. The van der Waals surface area contributed by atoms with Crippen LogP contribution in [-0.2, 0) is 0 Å². The topological polar surface area (TPSA) is 26.0 Å². The van der Waals surface area contributed by atoms with E-state index in [0.29, 0.717) is 12.0 Å². The van der Waals surface area contributed by atoms with Gasteiger partial charge >= 0.3 is 0 Å². The molecular formula is C5H10N. The molecule has 0 amide bonds. The van der Waals surface area contributed by atoms with Crippen molar-refractivity contribution in [1.29, 1.82) is 0 Å². The molecule has 0 spiro atoms. The van der Waals surface area contributed by atoms with Crippen LogP contribution in [0.15, 0.2) is 0 Å². The Hall–Kier alpha value is -0.0400. The molecule has 1 rings (SSSR count). The van der Waals surface area contributed by atoms with Crippen LogP contribution in [0.1, 0.15) is 12.8 Å². The van der Waals surface area contributed by atoms with E-state index in [0.717, 1.165) is 0 Å². The van der Waals surface area contributed by atoms with E-state index in [9.17, 15) is 0 Å². The van der Waals surface area contributed by atoms with E-state index < -0.39 is 0 Å². The molecule has 1 aliphatic rings. The molecule has 35 valence electrons. The minimum atomic E-state index is 0.421. The van der Waals surface area contributed by atoms with Crippen LogP contribution in [0.2, 0.25) is 0 Å². The predicted molar refractivity (Wildman–Crippen MR) is 26.1 cm³/mol. The van der Waals surface area contributed by atoms with E-state index in [1.165, 1.54) is 12.8 Å². The summed E-state index contributed by atoms with van der Waals surface area (Å²) in [6, 6.07) is 0.421. The Labute approximate surface area is 38.5 Å². The summed E-state index contributed by atoms with van der Waals surface area (Å²) in [4.78, 5) is 0. The molecule has 0 saturated heterocycles. The zero-order chi connectivity index (χ0) is 4.57. The normalized spacial score (nSPS) is 45.0. The molecule has 1 radical (unpaired) electrons.